The van der Waals surface area contributed by atoms with E-state index in [0.717, 1.165) is 36.5 Å². The number of hydrogen-bond donors (Lipinski definition) is 0. The highest BCUT2D eigenvalue weighted by Crippen LogP contribution is 2.35. The average Bonchev–Trinajstić information content (AvgIpc) is 3.44. The molecule has 2 saturated heterocycles. The Bertz CT molecular complexity index is 1480. The Balaban J connectivity index is 1.30. The van der Waals surface area contributed by atoms with E-state index in [1.54, 1.807) is 11.8 Å². The maximum Gasteiger partial charge on any atom is 0.417 e. The molecule has 3 heterocycles. The van der Waals surface area contributed by atoms with Crippen LogP contribution in [0.3, 0.4) is 0 Å². The van der Waals surface area contributed by atoms with Gasteiger partial charge in [-0.25, -0.2) is 22.9 Å². The van der Waals surface area contributed by atoms with Gasteiger partial charge in [-0.05, 0) is 73.9 Å². The number of carbonyl (C=O) groups excluding carboxylic acids is 2. The third-order valence-corrected chi connectivity index (χ3v) is 8.21. The number of carbonyl (C=O) groups is 2. The number of rotatable bonds is 6. The monoisotopic (exact) mass is 620 g/mol. The molecule has 2 atom stereocenters. The molecule has 2 unspecified atom stereocenters. The van der Waals surface area contributed by atoms with E-state index < -0.39 is 47.2 Å². The molecule has 0 saturated carbocycles. The Morgan fingerprint density at radius 3 is 2.25 bits per heavy atom. The van der Waals surface area contributed by atoms with Crippen molar-refractivity contribution < 1.29 is 40.7 Å². The van der Waals surface area contributed by atoms with Gasteiger partial charge in [0.2, 0.25) is 5.91 Å². The number of likely N-dealkylation sites (N-methyl/N-ethyl adjacent to an activating group) is 1. The predicted molar refractivity (Wildman–Crippen MR) is 148 cm³/mol. The van der Waals surface area contributed by atoms with Crippen molar-refractivity contribution in [2.75, 3.05) is 37.6 Å². The highest BCUT2D eigenvalue weighted by atomic mass is 19.4. The number of hydrogen-bond acceptors (Lipinski definition) is 5. The van der Waals surface area contributed by atoms with Crippen LogP contribution in [-0.2, 0) is 11.0 Å². The highest BCUT2D eigenvalue weighted by molar-refractivity contribution is 5.80. The number of anilines is 1. The summed E-state index contributed by atoms with van der Waals surface area (Å²) < 4.78 is 85.6. The van der Waals surface area contributed by atoms with Crippen LogP contribution >= 0.6 is 0 Å². The third kappa shape index (κ3) is 6.76. The summed E-state index contributed by atoms with van der Waals surface area (Å²) in [4.78, 5) is 35.7. The van der Waals surface area contributed by atoms with Crippen molar-refractivity contribution in [3.8, 4) is 5.75 Å². The second kappa shape index (κ2) is 12.7. The van der Waals surface area contributed by atoms with Crippen molar-refractivity contribution in [1.82, 2.24) is 14.8 Å². The summed E-state index contributed by atoms with van der Waals surface area (Å²) in [7, 11) is 0. The molecule has 13 heteroatoms. The van der Waals surface area contributed by atoms with E-state index in [2.05, 4.69) is 4.98 Å². The molecular weight excluding hydrogens is 590 g/mol. The Hall–Kier alpha value is -4.29. The van der Waals surface area contributed by atoms with E-state index in [1.807, 2.05) is 4.90 Å². The van der Waals surface area contributed by atoms with Crippen LogP contribution in [0.5, 0.6) is 5.75 Å². The molecule has 7 nitrogen and oxygen atoms in total. The summed E-state index contributed by atoms with van der Waals surface area (Å²) in [6.07, 6.45) is -3.56. The minimum atomic E-state index is -4.48. The summed E-state index contributed by atoms with van der Waals surface area (Å²) in [5.41, 5.74) is -0.423. The van der Waals surface area contributed by atoms with Crippen molar-refractivity contribution in [2.45, 2.75) is 37.9 Å². The summed E-state index contributed by atoms with van der Waals surface area (Å²) in [5, 5.41) is 0. The quantitative estimate of drug-likeness (QED) is 0.305. The first-order valence-electron chi connectivity index (χ1n) is 14.2. The first-order chi connectivity index (χ1) is 20.9. The predicted octanol–water partition coefficient (Wildman–Crippen LogP) is 6.25. The number of nitrogens with zero attached hydrogens (tertiary/aromatic N) is 4. The first-order valence-corrected chi connectivity index (χ1v) is 14.2. The number of alkyl halides is 3. The van der Waals surface area contributed by atoms with Crippen molar-refractivity contribution in [3.05, 3.63) is 89.4 Å². The molecule has 1 aromatic heterocycles. The minimum absolute atomic E-state index is 0.121. The number of likely N-dealkylation sites (tertiary alicyclic amines) is 1. The van der Waals surface area contributed by atoms with E-state index in [-0.39, 0.29) is 37.2 Å². The van der Waals surface area contributed by atoms with Crippen LogP contribution in [0, 0.1) is 23.4 Å². The molecule has 0 N–H and O–H groups in total. The number of pyridine rings is 1. The Morgan fingerprint density at radius 1 is 0.955 bits per heavy atom. The van der Waals surface area contributed by atoms with Gasteiger partial charge in [0.25, 0.3) is 0 Å². The Labute approximate surface area is 250 Å². The Kier molecular flexibility index (Phi) is 9.02. The Morgan fingerprint density at radius 2 is 1.66 bits per heavy atom. The number of piperidine rings is 1. The zero-order valence-corrected chi connectivity index (χ0v) is 23.7. The number of halogens is 6. The van der Waals surface area contributed by atoms with Crippen LogP contribution in [-0.4, -0.2) is 65.5 Å². The molecule has 234 valence electrons. The molecule has 2 aromatic carbocycles. The second-order valence-electron chi connectivity index (χ2n) is 10.9. The van der Waals surface area contributed by atoms with Gasteiger partial charge in [0.15, 0.2) is 11.6 Å². The standard InChI is InChI=1S/C31H30F6N4O3/c1-2-41(30(43)44-23-7-5-22(32)6-8-23)27-18-40(17-24(27)20-3-9-25(33)26(34)15-20)29(42)19-11-13-39(14-12-19)28-10-4-21(16-38-28)31(35,36)37/h3-10,15-16,19,24,27H,2,11-14,17-18H2,1H3. The molecule has 5 rings (SSSR count). The van der Waals surface area contributed by atoms with E-state index in [9.17, 15) is 35.9 Å². The lowest BCUT2D eigenvalue weighted by molar-refractivity contribution is -0.138. The zero-order chi connectivity index (χ0) is 31.6. The summed E-state index contributed by atoms with van der Waals surface area (Å²) in [5.74, 6) is -3.15. The van der Waals surface area contributed by atoms with Crippen LogP contribution in [0.2, 0.25) is 0 Å². The van der Waals surface area contributed by atoms with Crippen LogP contribution in [0.1, 0.15) is 36.8 Å². The van der Waals surface area contributed by atoms with Crippen LogP contribution in [0.4, 0.5) is 37.0 Å². The lowest BCUT2D eigenvalue weighted by Gasteiger charge is -2.34. The van der Waals surface area contributed by atoms with Gasteiger partial charge >= 0.3 is 12.3 Å². The molecule has 2 amide bonds. The maximum atomic E-state index is 14.3. The second-order valence-corrected chi connectivity index (χ2v) is 10.9. The van der Waals surface area contributed by atoms with Crippen LogP contribution in [0.15, 0.2) is 60.8 Å². The van der Waals surface area contributed by atoms with Crippen molar-refractivity contribution >= 4 is 17.8 Å². The molecular formula is C31H30F6N4O3. The SMILES string of the molecule is CCN(C(=O)Oc1ccc(F)cc1)C1CN(C(=O)C2CCN(c3ccc(C(F)(F)F)cn3)CC2)CC1c1ccc(F)c(F)c1. The van der Waals surface area contributed by atoms with E-state index >= 15 is 0 Å². The van der Waals surface area contributed by atoms with Gasteiger partial charge < -0.3 is 19.4 Å². The third-order valence-electron chi connectivity index (χ3n) is 8.21. The van der Waals surface area contributed by atoms with Crippen molar-refractivity contribution in [3.63, 3.8) is 0 Å². The van der Waals surface area contributed by atoms with Crippen molar-refractivity contribution in [2.24, 2.45) is 5.92 Å². The molecule has 2 aliphatic heterocycles. The van der Waals surface area contributed by atoms with E-state index in [0.29, 0.717) is 37.3 Å². The van der Waals surface area contributed by atoms with Crippen LogP contribution < -0.4 is 9.64 Å². The lowest BCUT2D eigenvalue weighted by Crippen LogP contribution is -2.47. The smallest absolute Gasteiger partial charge is 0.410 e. The molecule has 0 bridgehead atoms. The van der Waals surface area contributed by atoms with Gasteiger partial charge in [-0.2, -0.15) is 13.2 Å². The number of aromatic nitrogens is 1. The lowest BCUT2D eigenvalue weighted by atomic mass is 9.93. The zero-order valence-electron chi connectivity index (χ0n) is 23.7. The number of amides is 2. The summed E-state index contributed by atoms with van der Waals surface area (Å²) in [6.45, 7) is 2.99. The van der Waals surface area contributed by atoms with Crippen molar-refractivity contribution in [1.29, 1.82) is 0 Å². The van der Waals surface area contributed by atoms with Crippen LogP contribution in [0.25, 0.3) is 0 Å². The molecule has 0 spiro atoms. The first kappa shape index (κ1) is 31.1. The number of ether oxygens (including phenoxy) is 1. The summed E-state index contributed by atoms with van der Waals surface area (Å²) in [6, 6.07) is 10.1. The fourth-order valence-corrected chi connectivity index (χ4v) is 5.87. The van der Waals surface area contributed by atoms with Gasteiger partial charge in [0, 0.05) is 50.8 Å². The normalized spacial score (nSPS) is 19.2. The van der Waals surface area contributed by atoms with E-state index in [4.69, 9.17) is 4.74 Å². The van der Waals surface area contributed by atoms with Gasteiger partial charge in [-0.3, -0.25) is 4.79 Å². The molecule has 0 aliphatic carbocycles. The van der Waals surface area contributed by atoms with Gasteiger partial charge in [-0.15, -0.1) is 0 Å². The van der Waals surface area contributed by atoms with Gasteiger partial charge in [0.05, 0.1) is 11.6 Å². The largest absolute Gasteiger partial charge is 0.417 e. The maximum absolute atomic E-state index is 14.3. The van der Waals surface area contributed by atoms with Gasteiger partial charge in [-0.1, -0.05) is 6.07 Å². The average molecular weight is 621 g/mol. The fraction of sp³-hybridized carbons (Fsp3) is 0.387. The molecule has 3 aromatic rings. The summed E-state index contributed by atoms with van der Waals surface area (Å²) >= 11 is 0. The minimum Gasteiger partial charge on any atom is -0.410 e. The van der Waals surface area contributed by atoms with E-state index in [1.165, 1.54) is 29.2 Å². The molecule has 2 aliphatic rings. The molecule has 0 radical (unpaired) electrons. The fourth-order valence-electron chi connectivity index (χ4n) is 5.87. The number of benzene rings is 2. The van der Waals surface area contributed by atoms with Gasteiger partial charge in [0.1, 0.15) is 17.4 Å². The highest BCUT2D eigenvalue weighted by Gasteiger charge is 2.43. The molecule has 44 heavy (non-hydrogen) atoms. The topological polar surface area (TPSA) is 66.0 Å². The molecule has 2 fully saturated rings.